The van der Waals surface area contributed by atoms with E-state index in [1.807, 2.05) is 62.4 Å². The van der Waals surface area contributed by atoms with Gasteiger partial charge in [0.2, 0.25) is 0 Å². The fourth-order valence-corrected chi connectivity index (χ4v) is 3.25. The Hall–Kier alpha value is -3.28. The van der Waals surface area contributed by atoms with E-state index in [4.69, 9.17) is 14.2 Å². The predicted octanol–water partition coefficient (Wildman–Crippen LogP) is 4.17. The standard InChI is InChI=1S/C23H26N2O4/c1-5-28-23(26)21-15(2)24-16(3)25-22(21)19-8-6-7-9-20(19)29-14-17-10-12-18(27-4)13-11-17/h6-13,22H,5,14H2,1-4H3,(H,24,25). The molecule has 1 N–H and O–H groups in total. The molecule has 2 aromatic rings. The molecule has 0 aromatic heterocycles. The van der Waals surface area contributed by atoms with E-state index >= 15 is 0 Å². The van der Waals surface area contributed by atoms with E-state index in [9.17, 15) is 4.79 Å². The third-order valence-corrected chi connectivity index (χ3v) is 4.63. The van der Waals surface area contributed by atoms with Crippen LogP contribution in [-0.4, -0.2) is 25.5 Å². The Kier molecular flexibility index (Phi) is 6.54. The second kappa shape index (κ2) is 9.28. The number of rotatable bonds is 7. The maximum Gasteiger partial charge on any atom is 0.338 e. The highest BCUT2D eigenvalue weighted by Gasteiger charge is 2.31. The van der Waals surface area contributed by atoms with E-state index in [0.29, 0.717) is 24.5 Å². The summed E-state index contributed by atoms with van der Waals surface area (Å²) in [5.74, 6) is 1.85. The minimum Gasteiger partial charge on any atom is -0.497 e. The summed E-state index contributed by atoms with van der Waals surface area (Å²) in [6, 6.07) is 14.9. The van der Waals surface area contributed by atoms with Gasteiger partial charge in [-0.2, -0.15) is 0 Å². The summed E-state index contributed by atoms with van der Waals surface area (Å²) in [6.07, 6.45) is 0. The molecule has 152 valence electrons. The molecule has 1 heterocycles. The van der Waals surface area contributed by atoms with E-state index in [2.05, 4.69) is 10.3 Å². The SMILES string of the molecule is CCOC(=O)C1=C(C)NC(C)=NC1c1ccccc1OCc1ccc(OC)cc1. The molecular formula is C23H26N2O4. The molecule has 6 nitrogen and oxygen atoms in total. The first kappa shape index (κ1) is 20.5. The molecule has 0 saturated heterocycles. The van der Waals surface area contributed by atoms with Gasteiger partial charge in [-0.05, 0) is 44.5 Å². The number of nitrogens with one attached hydrogen (secondary N) is 1. The van der Waals surface area contributed by atoms with Crippen LogP contribution in [0.5, 0.6) is 11.5 Å². The Bertz CT molecular complexity index is 932. The summed E-state index contributed by atoms with van der Waals surface area (Å²) in [5.41, 5.74) is 3.08. The number of hydrogen-bond donors (Lipinski definition) is 1. The number of esters is 1. The lowest BCUT2D eigenvalue weighted by molar-refractivity contribution is -0.138. The Labute approximate surface area is 171 Å². The maximum absolute atomic E-state index is 12.6. The molecule has 0 radical (unpaired) electrons. The minimum absolute atomic E-state index is 0.306. The summed E-state index contributed by atoms with van der Waals surface area (Å²) < 4.78 is 16.6. The van der Waals surface area contributed by atoms with Gasteiger partial charge in [-0.25, -0.2) is 4.79 Å². The molecule has 0 saturated carbocycles. The van der Waals surface area contributed by atoms with Crippen molar-refractivity contribution in [2.24, 2.45) is 4.99 Å². The number of carbonyl (C=O) groups is 1. The Morgan fingerprint density at radius 2 is 1.83 bits per heavy atom. The summed E-state index contributed by atoms with van der Waals surface area (Å²) >= 11 is 0. The van der Waals surface area contributed by atoms with Crippen LogP contribution in [0.4, 0.5) is 0 Å². The first-order valence-electron chi connectivity index (χ1n) is 9.57. The number of amidine groups is 1. The van der Waals surface area contributed by atoms with Crippen LogP contribution >= 0.6 is 0 Å². The van der Waals surface area contributed by atoms with Crippen molar-refractivity contribution in [1.82, 2.24) is 5.32 Å². The molecule has 1 aliphatic rings. The van der Waals surface area contributed by atoms with Gasteiger partial charge in [0.15, 0.2) is 0 Å². The number of benzene rings is 2. The van der Waals surface area contributed by atoms with Gasteiger partial charge in [-0.3, -0.25) is 4.99 Å². The molecule has 1 unspecified atom stereocenters. The number of para-hydroxylation sites is 1. The zero-order chi connectivity index (χ0) is 20.8. The van der Waals surface area contributed by atoms with Gasteiger partial charge in [-0.15, -0.1) is 0 Å². The van der Waals surface area contributed by atoms with Crippen LogP contribution in [0.25, 0.3) is 0 Å². The third-order valence-electron chi connectivity index (χ3n) is 4.63. The first-order valence-corrected chi connectivity index (χ1v) is 9.57. The lowest BCUT2D eigenvalue weighted by Crippen LogP contribution is -2.30. The van der Waals surface area contributed by atoms with Crippen molar-refractivity contribution in [2.75, 3.05) is 13.7 Å². The van der Waals surface area contributed by atoms with Crippen molar-refractivity contribution < 1.29 is 19.0 Å². The number of ether oxygens (including phenoxy) is 3. The summed E-state index contributed by atoms with van der Waals surface area (Å²) in [7, 11) is 1.64. The van der Waals surface area contributed by atoms with E-state index < -0.39 is 6.04 Å². The highest BCUT2D eigenvalue weighted by Crippen LogP contribution is 2.36. The smallest absolute Gasteiger partial charge is 0.338 e. The fraction of sp³-hybridized carbons (Fsp3) is 0.304. The molecule has 2 aromatic carbocycles. The van der Waals surface area contributed by atoms with Gasteiger partial charge in [0.25, 0.3) is 0 Å². The molecule has 6 heteroatoms. The zero-order valence-electron chi connectivity index (χ0n) is 17.2. The molecule has 0 spiro atoms. The van der Waals surface area contributed by atoms with Crippen molar-refractivity contribution >= 4 is 11.8 Å². The summed E-state index contributed by atoms with van der Waals surface area (Å²) in [5, 5.41) is 3.13. The molecule has 1 aliphatic heterocycles. The summed E-state index contributed by atoms with van der Waals surface area (Å²) in [6.45, 7) is 6.23. The van der Waals surface area contributed by atoms with Crippen LogP contribution in [0.1, 0.15) is 37.9 Å². The van der Waals surface area contributed by atoms with Gasteiger partial charge in [-0.1, -0.05) is 30.3 Å². The average molecular weight is 394 g/mol. The van der Waals surface area contributed by atoms with Crippen molar-refractivity contribution in [3.05, 3.63) is 70.9 Å². The maximum atomic E-state index is 12.6. The molecule has 1 atom stereocenters. The van der Waals surface area contributed by atoms with Crippen LogP contribution < -0.4 is 14.8 Å². The van der Waals surface area contributed by atoms with E-state index in [-0.39, 0.29) is 5.97 Å². The Morgan fingerprint density at radius 1 is 1.10 bits per heavy atom. The zero-order valence-corrected chi connectivity index (χ0v) is 17.2. The topological polar surface area (TPSA) is 69.2 Å². The van der Waals surface area contributed by atoms with E-state index in [1.54, 1.807) is 14.0 Å². The normalized spacial score (nSPS) is 16.0. The number of methoxy groups -OCH3 is 1. The fourth-order valence-electron chi connectivity index (χ4n) is 3.25. The first-order chi connectivity index (χ1) is 14.0. The monoisotopic (exact) mass is 394 g/mol. The highest BCUT2D eigenvalue weighted by atomic mass is 16.5. The molecule has 0 amide bonds. The van der Waals surface area contributed by atoms with Crippen LogP contribution in [-0.2, 0) is 16.1 Å². The van der Waals surface area contributed by atoms with Crippen molar-refractivity contribution in [1.29, 1.82) is 0 Å². The second-order valence-electron chi connectivity index (χ2n) is 6.68. The van der Waals surface area contributed by atoms with Crippen LogP contribution in [0.2, 0.25) is 0 Å². The largest absolute Gasteiger partial charge is 0.497 e. The number of nitrogens with zero attached hydrogens (tertiary/aromatic N) is 1. The lowest BCUT2D eigenvalue weighted by atomic mass is 9.95. The van der Waals surface area contributed by atoms with Gasteiger partial charge in [0.1, 0.15) is 24.1 Å². The third kappa shape index (κ3) is 4.77. The highest BCUT2D eigenvalue weighted by molar-refractivity contribution is 5.95. The number of aliphatic imine (C=N–C) groups is 1. The van der Waals surface area contributed by atoms with Crippen molar-refractivity contribution in [3.8, 4) is 11.5 Å². The minimum atomic E-state index is -0.484. The van der Waals surface area contributed by atoms with Crippen LogP contribution in [0.15, 0.2) is 64.8 Å². The molecule has 0 aliphatic carbocycles. The number of carbonyl (C=O) groups excluding carboxylic acids is 1. The Morgan fingerprint density at radius 3 is 2.52 bits per heavy atom. The molecule has 0 bridgehead atoms. The van der Waals surface area contributed by atoms with Crippen molar-refractivity contribution in [2.45, 2.75) is 33.4 Å². The average Bonchev–Trinajstić information content (AvgIpc) is 2.72. The second-order valence-corrected chi connectivity index (χ2v) is 6.68. The molecular weight excluding hydrogens is 368 g/mol. The van der Waals surface area contributed by atoms with Crippen molar-refractivity contribution in [3.63, 3.8) is 0 Å². The lowest BCUT2D eigenvalue weighted by Gasteiger charge is -2.26. The van der Waals surface area contributed by atoms with Crippen LogP contribution in [0, 0.1) is 0 Å². The van der Waals surface area contributed by atoms with E-state index in [0.717, 1.165) is 28.4 Å². The number of hydrogen-bond acceptors (Lipinski definition) is 6. The predicted molar refractivity (Wildman–Crippen MR) is 112 cm³/mol. The van der Waals surface area contributed by atoms with E-state index in [1.165, 1.54) is 0 Å². The Balaban J connectivity index is 1.89. The van der Waals surface area contributed by atoms with Gasteiger partial charge in [0.05, 0.1) is 25.1 Å². The van der Waals surface area contributed by atoms with Gasteiger partial charge >= 0.3 is 5.97 Å². The van der Waals surface area contributed by atoms with Gasteiger partial charge in [0, 0.05) is 11.3 Å². The van der Waals surface area contributed by atoms with Gasteiger partial charge < -0.3 is 19.5 Å². The molecule has 29 heavy (non-hydrogen) atoms. The molecule has 3 rings (SSSR count). The summed E-state index contributed by atoms with van der Waals surface area (Å²) in [4.78, 5) is 17.3. The quantitative estimate of drug-likeness (QED) is 0.714. The van der Waals surface area contributed by atoms with Crippen LogP contribution in [0.3, 0.4) is 0 Å². The molecule has 0 fully saturated rings. The number of allylic oxidation sites excluding steroid dienone is 1.